The third-order valence-corrected chi connectivity index (χ3v) is 5.89. The Hall–Kier alpha value is -3.33. The Labute approximate surface area is 178 Å². The number of aromatic nitrogens is 3. The molecule has 4 heterocycles. The van der Waals surface area contributed by atoms with Crippen LogP contribution in [0.2, 0.25) is 0 Å². The van der Waals surface area contributed by atoms with Crippen LogP contribution in [-0.4, -0.2) is 49.6 Å². The molecule has 8 nitrogen and oxygen atoms in total. The van der Waals surface area contributed by atoms with Gasteiger partial charge in [-0.25, -0.2) is 4.39 Å². The highest BCUT2D eigenvalue weighted by Crippen LogP contribution is 2.32. The Morgan fingerprint density at radius 1 is 1.16 bits per heavy atom. The molecule has 0 saturated carbocycles. The minimum Gasteiger partial charge on any atom is -0.436 e. The van der Waals surface area contributed by atoms with Gasteiger partial charge in [0.15, 0.2) is 0 Å². The maximum absolute atomic E-state index is 13.2. The smallest absolute Gasteiger partial charge is 0.415 e. The van der Waals surface area contributed by atoms with E-state index in [2.05, 4.69) is 16.0 Å². The van der Waals surface area contributed by atoms with Gasteiger partial charge in [-0.05, 0) is 54.2 Å². The minimum atomic E-state index is -0.509. The van der Waals surface area contributed by atoms with Crippen LogP contribution in [-0.2, 0) is 19.4 Å². The van der Waals surface area contributed by atoms with Gasteiger partial charge in [0.05, 0.1) is 12.2 Å². The van der Waals surface area contributed by atoms with Crippen LogP contribution >= 0.6 is 0 Å². The average molecular weight is 423 g/mol. The second-order valence-electron chi connectivity index (χ2n) is 8.40. The van der Waals surface area contributed by atoms with Crippen LogP contribution in [0.3, 0.4) is 0 Å². The molecule has 1 atom stereocenters. The van der Waals surface area contributed by atoms with Crippen LogP contribution in [0, 0.1) is 15.9 Å². The number of nitrogens with zero attached hydrogens (tertiary/aromatic N) is 5. The van der Waals surface area contributed by atoms with E-state index in [1.807, 2.05) is 13.0 Å². The summed E-state index contributed by atoms with van der Waals surface area (Å²) < 4.78 is 20.9. The first kappa shape index (κ1) is 19.6. The van der Waals surface area contributed by atoms with E-state index in [9.17, 15) is 14.5 Å². The largest absolute Gasteiger partial charge is 0.436 e. The van der Waals surface area contributed by atoms with E-state index in [0.717, 1.165) is 42.9 Å². The number of imidazole rings is 1. The summed E-state index contributed by atoms with van der Waals surface area (Å²) in [5.41, 5.74) is 3.58. The average Bonchev–Trinajstić information content (AvgIpc) is 3.18. The Bertz CT molecular complexity index is 1120. The van der Waals surface area contributed by atoms with Crippen molar-refractivity contribution in [3.05, 3.63) is 69.8 Å². The van der Waals surface area contributed by atoms with Crippen molar-refractivity contribution in [3.8, 4) is 17.3 Å². The van der Waals surface area contributed by atoms with Gasteiger partial charge in [0.2, 0.25) is 0 Å². The Morgan fingerprint density at radius 3 is 2.68 bits per heavy atom. The van der Waals surface area contributed by atoms with Gasteiger partial charge in [-0.3, -0.25) is 14.5 Å². The maximum Gasteiger partial charge on any atom is 0.415 e. The number of fused-ring (bicyclic) bond motifs is 2. The zero-order chi connectivity index (χ0) is 21.6. The predicted molar refractivity (Wildman–Crippen MR) is 111 cm³/mol. The van der Waals surface area contributed by atoms with Crippen LogP contribution in [0.25, 0.3) is 11.3 Å². The topological polar surface area (TPSA) is 86.3 Å². The van der Waals surface area contributed by atoms with Crippen molar-refractivity contribution < 1.29 is 14.1 Å². The molecular formula is C22H22FN5O3. The van der Waals surface area contributed by atoms with Gasteiger partial charge >= 0.3 is 11.8 Å². The van der Waals surface area contributed by atoms with Crippen molar-refractivity contribution in [2.75, 3.05) is 19.6 Å². The molecule has 3 aromatic rings. The summed E-state index contributed by atoms with van der Waals surface area (Å²) in [7, 11) is 0. The molecule has 0 bridgehead atoms. The van der Waals surface area contributed by atoms with Crippen LogP contribution in [0.1, 0.15) is 18.2 Å². The third kappa shape index (κ3) is 3.88. The summed E-state index contributed by atoms with van der Waals surface area (Å²) in [5, 5.41) is 10.9. The molecule has 0 N–H and O–H groups in total. The van der Waals surface area contributed by atoms with Crippen molar-refractivity contribution in [3.63, 3.8) is 0 Å². The van der Waals surface area contributed by atoms with Gasteiger partial charge in [0, 0.05) is 42.3 Å². The Kier molecular flexibility index (Phi) is 4.70. The highest BCUT2D eigenvalue weighted by Gasteiger charge is 2.41. The maximum atomic E-state index is 13.2. The Balaban J connectivity index is 1.26. The highest BCUT2D eigenvalue weighted by atomic mass is 19.1. The number of hydrogen-bond acceptors (Lipinski definition) is 6. The van der Waals surface area contributed by atoms with E-state index in [0.29, 0.717) is 19.1 Å². The summed E-state index contributed by atoms with van der Waals surface area (Å²) in [6.07, 6.45) is 3.13. The summed E-state index contributed by atoms with van der Waals surface area (Å²) in [6.45, 7) is 4.96. The zero-order valence-electron chi connectivity index (χ0n) is 17.1. The van der Waals surface area contributed by atoms with E-state index >= 15 is 0 Å². The first-order valence-electron chi connectivity index (χ1n) is 10.3. The molecule has 9 heteroatoms. The second-order valence-corrected chi connectivity index (χ2v) is 8.40. The third-order valence-electron chi connectivity index (χ3n) is 5.89. The molecular weight excluding hydrogens is 401 g/mol. The molecule has 0 amide bonds. The number of nitro groups is 1. The fourth-order valence-electron chi connectivity index (χ4n) is 4.40. The molecule has 2 aliphatic heterocycles. The van der Waals surface area contributed by atoms with Gasteiger partial charge < -0.3 is 14.9 Å². The second kappa shape index (κ2) is 7.42. The lowest BCUT2D eigenvalue weighted by Gasteiger charge is -2.29. The van der Waals surface area contributed by atoms with Gasteiger partial charge in [-0.1, -0.05) is 6.07 Å². The van der Waals surface area contributed by atoms with E-state index in [1.165, 1.54) is 23.9 Å². The summed E-state index contributed by atoms with van der Waals surface area (Å²) in [6, 6.07) is 10.8. The lowest BCUT2D eigenvalue weighted by atomic mass is 10.1. The van der Waals surface area contributed by atoms with Crippen LogP contribution < -0.4 is 4.74 Å². The fraction of sp³-hybridized carbons (Fsp3) is 0.364. The molecule has 5 rings (SSSR count). The number of ether oxygens (including phenoxy) is 1. The summed E-state index contributed by atoms with van der Waals surface area (Å²) in [5.74, 6) is -0.446. The first-order chi connectivity index (χ1) is 14.9. The molecule has 0 radical (unpaired) electrons. The fourth-order valence-corrected chi connectivity index (χ4v) is 4.40. The SMILES string of the molecule is C[C@]1(CN2CCc3ccc(-c4ccc(F)cc4)nc3CC2)Cn2cc([N+](=O)[O-])nc2O1. The van der Waals surface area contributed by atoms with Gasteiger partial charge in [-0.15, -0.1) is 0 Å². The molecule has 0 fully saturated rings. The zero-order valence-corrected chi connectivity index (χ0v) is 17.1. The van der Waals surface area contributed by atoms with Crippen molar-refractivity contribution in [2.45, 2.75) is 31.9 Å². The number of hydrogen-bond donors (Lipinski definition) is 0. The van der Waals surface area contributed by atoms with E-state index in [-0.39, 0.29) is 11.6 Å². The standard InChI is InChI=1S/C22H22FN5O3/c1-22(14-27-12-20(28(29)30)25-21(27)31-22)13-26-10-8-16-4-7-18(24-19(16)9-11-26)15-2-5-17(23)6-3-15/h2-7,12H,8-11,13-14H2,1H3/t22-/m0/s1. The molecule has 0 saturated heterocycles. The highest BCUT2D eigenvalue weighted by molar-refractivity contribution is 5.59. The normalized spacial score (nSPS) is 20.6. The number of benzene rings is 1. The summed E-state index contributed by atoms with van der Waals surface area (Å²) >= 11 is 0. The predicted octanol–water partition coefficient (Wildman–Crippen LogP) is 3.24. The van der Waals surface area contributed by atoms with Crippen molar-refractivity contribution in [1.82, 2.24) is 19.4 Å². The molecule has 0 aliphatic carbocycles. The van der Waals surface area contributed by atoms with Crippen molar-refractivity contribution in [2.24, 2.45) is 0 Å². The monoisotopic (exact) mass is 423 g/mol. The lowest BCUT2D eigenvalue weighted by Crippen LogP contribution is -2.45. The molecule has 31 heavy (non-hydrogen) atoms. The molecule has 1 aromatic carbocycles. The van der Waals surface area contributed by atoms with Gasteiger partial charge in [0.25, 0.3) is 0 Å². The van der Waals surface area contributed by atoms with E-state index in [4.69, 9.17) is 9.72 Å². The molecule has 2 aliphatic rings. The van der Waals surface area contributed by atoms with Crippen molar-refractivity contribution >= 4 is 5.82 Å². The first-order valence-corrected chi connectivity index (χ1v) is 10.3. The number of rotatable bonds is 4. The molecule has 2 aromatic heterocycles. The number of pyridine rings is 1. The van der Waals surface area contributed by atoms with Gasteiger partial charge in [0.1, 0.15) is 17.6 Å². The minimum absolute atomic E-state index is 0.190. The van der Waals surface area contributed by atoms with E-state index < -0.39 is 10.5 Å². The molecule has 0 spiro atoms. The summed E-state index contributed by atoms with van der Waals surface area (Å²) in [4.78, 5) is 21.6. The van der Waals surface area contributed by atoms with E-state index in [1.54, 1.807) is 16.7 Å². The number of halogens is 1. The van der Waals surface area contributed by atoms with Gasteiger partial charge in [-0.2, -0.15) is 0 Å². The quantitative estimate of drug-likeness (QED) is 0.473. The van der Waals surface area contributed by atoms with Crippen LogP contribution in [0.15, 0.2) is 42.6 Å². The van der Waals surface area contributed by atoms with Crippen LogP contribution in [0.4, 0.5) is 10.2 Å². The lowest BCUT2D eigenvalue weighted by molar-refractivity contribution is -0.389. The molecule has 160 valence electrons. The van der Waals surface area contributed by atoms with Crippen LogP contribution in [0.5, 0.6) is 6.01 Å². The Morgan fingerprint density at radius 2 is 1.94 bits per heavy atom. The van der Waals surface area contributed by atoms with Crippen molar-refractivity contribution in [1.29, 1.82) is 0 Å². The molecule has 0 unspecified atom stereocenters.